The molecule has 1 fully saturated rings. The van der Waals surface area contributed by atoms with Gasteiger partial charge in [-0.3, -0.25) is 4.79 Å². The van der Waals surface area contributed by atoms with Crippen LogP contribution in [0.4, 0.5) is 0 Å². The minimum absolute atomic E-state index is 0.00541. The zero-order valence-corrected chi connectivity index (χ0v) is 11.8. The number of carbonyl (C=O) groups excluding carboxylic acids is 1. The molecule has 2 aromatic rings. The van der Waals surface area contributed by atoms with Crippen molar-refractivity contribution in [3.8, 4) is 0 Å². The Hall–Kier alpha value is -1.97. The maximum absolute atomic E-state index is 12.8. The number of ketones is 1. The molecule has 3 nitrogen and oxygen atoms in total. The summed E-state index contributed by atoms with van der Waals surface area (Å²) in [6.07, 6.45) is 0.542. The molecule has 0 amide bonds. The van der Waals surface area contributed by atoms with Gasteiger partial charge in [0.1, 0.15) is 5.60 Å². The molecule has 2 unspecified atom stereocenters. The van der Waals surface area contributed by atoms with Crippen molar-refractivity contribution in [2.24, 2.45) is 5.92 Å². The smallest absolute Gasteiger partial charge is 0.170 e. The van der Waals surface area contributed by atoms with Gasteiger partial charge in [-0.25, -0.2) is 0 Å². The van der Waals surface area contributed by atoms with Crippen molar-refractivity contribution >= 4 is 5.78 Å². The molecular formula is C18H19NO2. The Morgan fingerprint density at radius 3 is 2.33 bits per heavy atom. The average molecular weight is 281 g/mol. The van der Waals surface area contributed by atoms with E-state index in [9.17, 15) is 9.90 Å². The van der Waals surface area contributed by atoms with Gasteiger partial charge in [-0.05, 0) is 18.5 Å². The van der Waals surface area contributed by atoms with Crippen LogP contribution in [0.3, 0.4) is 0 Å². The van der Waals surface area contributed by atoms with Crippen LogP contribution in [-0.4, -0.2) is 24.0 Å². The van der Waals surface area contributed by atoms with Crippen molar-refractivity contribution in [2.45, 2.75) is 12.0 Å². The zero-order chi connectivity index (χ0) is 14.7. The number of hydrogen-bond acceptors (Lipinski definition) is 3. The Morgan fingerprint density at radius 2 is 1.67 bits per heavy atom. The Balaban J connectivity index is 1.97. The first-order valence-electron chi connectivity index (χ1n) is 7.30. The number of hydrogen-bond donors (Lipinski definition) is 2. The maximum atomic E-state index is 12.8. The minimum atomic E-state index is -1.10. The van der Waals surface area contributed by atoms with E-state index in [-0.39, 0.29) is 5.78 Å². The van der Waals surface area contributed by atoms with Gasteiger partial charge in [0, 0.05) is 12.1 Å². The normalized spacial score (nSPS) is 25.5. The van der Waals surface area contributed by atoms with E-state index >= 15 is 0 Å². The number of carbonyl (C=O) groups is 1. The molecule has 0 radical (unpaired) electrons. The number of benzene rings is 2. The molecule has 2 atom stereocenters. The van der Waals surface area contributed by atoms with Crippen LogP contribution in [0, 0.1) is 5.92 Å². The Labute approximate surface area is 124 Å². The van der Waals surface area contributed by atoms with Crippen LogP contribution in [0.2, 0.25) is 0 Å². The van der Waals surface area contributed by atoms with Gasteiger partial charge < -0.3 is 10.4 Å². The van der Waals surface area contributed by atoms with E-state index in [2.05, 4.69) is 5.32 Å². The molecule has 108 valence electrons. The molecule has 1 saturated heterocycles. The van der Waals surface area contributed by atoms with Crippen molar-refractivity contribution in [3.63, 3.8) is 0 Å². The van der Waals surface area contributed by atoms with Gasteiger partial charge in [-0.1, -0.05) is 60.7 Å². The highest BCUT2D eigenvalue weighted by molar-refractivity contribution is 5.98. The number of Topliss-reactive ketones (excluding diaryl/α,β-unsaturated/α-hetero) is 1. The molecule has 3 rings (SSSR count). The third-order valence-electron chi connectivity index (χ3n) is 4.26. The molecule has 0 spiro atoms. The van der Waals surface area contributed by atoms with Crippen molar-refractivity contribution in [2.75, 3.05) is 13.1 Å². The molecule has 2 N–H and O–H groups in total. The lowest BCUT2D eigenvalue weighted by atomic mass is 9.73. The molecule has 1 aliphatic rings. The van der Waals surface area contributed by atoms with Crippen LogP contribution in [0.1, 0.15) is 22.3 Å². The second-order valence-corrected chi connectivity index (χ2v) is 5.53. The van der Waals surface area contributed by atoms with Crippen molar-refractivity contribution < 1.29 is 9.90 Å². The standard InChI is InChI=1S/C18H19NO2/c20-17(14-7-3-1-4-8-14)16-13-19-12-11-18(16,21)15-9-5-2-6-10-15/h1-10,16,19,21H,11-13H2. The Bertz CT molecular complexity index is 612. The highest BCUT2D eigenvalue weighted by Crippen LogP contribution is 2.36. The van der Waals surface area contributed by atoms with Crippen molar-refractivity contribution in [1.82, 2.24) is 5.32 Å². The zero-order valence-electron chi connectivity index (χ0n) is 11.8. The number of nitrogens with one attached hydrogen (secondary N) is 1. The molecule has 1 heterocycles. The quantitative estimate of drug-likeness (QED) is 0.849. The van der Waals surface area contributed by atoms with Gasteiger partial charge in [-0.15, -0.1) is 0 Å². The monoisotopic (exact) mass is 281 g/mol. The third kappa shape index (κ3) is 2.62. The molecule has 21 heavy (non-hydrogen) atoms. The molecule has 3 heteroatoms. The SMILES string of the molecule is O=C(c1ccccc1)C1CNCCC1(O)c1ccccc1. The number of aliphatic hydroxyl groups is 1. The van der Waals surface area contributed by atoms with E-state index in [0.717, 1.165) is 5.56 Å². The van der Waals surface area contributed by atoms with Crippen LogP contribution in [0.15, 0.2) is 60.7 Å². The first kappa shape index (κ1) is 14.0. The first-order valence-corrected chi connectivity index (χ1v) is 7.30. The van der Waals surface area contributed by atoms with Gasteiger partial charge >= 0.3 is 0 Å². The fourth-order valence-electron chi connectivity index (χ4n) is 3.05. The van der Waals surface area contributed by atoms with Crippen LogP contribution < -0.4 is 5.32 Å². The van der Waals surface area contributed by atoms with Gasteiger partial charge in [0.2, 0.25) is 0 Å². The van der Waals surface area contributed by atoms with E-state index in [1.54, 1.807) is 0 Å². The third-order valence-corrected chi connectivity index (χ3v) is 4.26. The average Bonchev–Trinajstić information content (AvgIpc) is 2.56. The van der Waals surface area contributed by atoms with Crippen LogP contribution in [-0.2, 0) is 5.60 Å². The van der Waals surface area contributed by atoms with Gasteiger partial charge in [0.15, 0.2) is 5.78 Å². The minimum Gasteiger partial charge on any atom is -0.384 e. The van der Waals surface area contributed by atoms with E-state index in [1.165, 1.54) is 0 Å². The first-order chi connectivity index (χ1) is 10.2. The summed E-state index contributed by atoms with van der Waals surface area (Å²) in [5.74, 6) is -0.467. The summed E-state index contributed by atoms with van der Waals surface area (Å²) in [5, 5.41) is 14.4. The topological polar surface area (TPSA) is 49.3 Å². The van der Waals surface area contributed by atoms with Crippen molar-refractivity contribution in [3.05, 3.63) is 71.8 Å². The molecule has 1 aliphatic heterocycles. The summed E-state index contributed by atoms with van der Waals surface area (Å²) < 4.78 is 0. The van der Waals surface area contributed by atoms with E-state index < -0.39 is 11.5 Å². The van der Waals surface area contributed by atoms with E-state index in [4.69, 9.17) is 0 Å². The summed E-state index contributed by atoms with van der Waals surface area (Å²) in [4.78, 5) is 12.8. The molecule has 2 aromatic carbocycles. The van der Waals surface area contributed by atoms with E-state index in [0.29, 0.717) is 25.1 Å². The summed E-state index contributed by atoms with van der Waals surface area (Å²) >= 11 is 0. The highest BCUT2D eigenvalue weighted by Gasteiger charge is 2.44. The Morgan fingerprint density at radius 1 is 1.05 bits per heavy atom. The van der Waals surface area contributed by atoms with Crippen LogP contribution in [0.5, 0.6) is 0 Å². The van der Waals surface area contributed by atoms with Crippen LogP contribution >= 0.6 is 0 Å². The Kier molecular flexibility index (Phi) is 3.86. The van der Waals surface area contributed by atoms with Crippen molar-refractivity contribution in [1.29, 1.82) is 0 Å². The maximum Gasteiger partial charge on any atom is 0.170 e. The van der Waals surface area contributed by atoms with Gasteiger partial charge in [0.25, 0.3) is 0 Å². The fraction of sp³-hybridized carbons (Fsp3) is 0.278. The second kappa shape index (κ2) is 5.80. The second-order valence-electron chi connectivity index (χ2n) is 5.53. The molecule has 0 saturated carbocycles. The summed E-state index contributed by atoms with van der Waals surface area (Å²) in [7, 11) is 0. The lowest BCUT2D eigenvalue weighted by Crippen LogP contribution is -2.51. The molecule has 0 aromatic heterocycles. The highest BCUT2D eigenvalue weighted by atomic mass is 16.3. The van der Waals surface area contributed by atoms with Gasteiger partial charge in [0.05, 0.1) is 5.92 Å². The van der Waals surface area contributed by atoms with Crippen LogP contribution in [0.25, 0.3) is 0 Å². The number of rotatable bonds is 3. The summed E-state index contributed by atoms with van der Waals surface area (Å²) in [5.41, 5.74) is 0.376. The lowest BCUT2D eigenvalue weighted by molar-refractivity contribution is -0.0348. The number of piperidine rings is 1. The molecular weight excluding hydrogens is 262 g/mol. The lowest BCUT2D eigenvalue weighted by Gasteiger charge is -2.40. The fourth-order valence-corrected chi connectivity index (χ4v) is 3.05. The molecule has 0 aliphatic carbocycles. The predicted molar refractivity (Wildman–Crippen MR) is 82.1 cm³/mol. The predicted octanol–water partition coefficient (Wildman–Crippen LogP) is 2.37. The van der Waals surface area contributed by atoms with E-state index in [1.807, 2.05) is 60.7 Å². The van der Waals surface area contributed by atoms with Gasteiger partial charge in [-0.2, -0.15) is 0 Å². The summed E-state index contributed by atoms with van der Waals surface area (Å²) in [6, 6.07) is 18.7. The largest absolute Gasteiger partial charge is 0.384 e. The molecule has 0 bridgehead atoms. The summed E-state index contributed by atoms with van der Waals surface area (Å²) in [6.45, 7) is 1.21.